The summed E-state index contributed by atoms with van der Waals surface area (Å²) in [6, 6.07) is 5.68. The normalized spacial score (nSPS) is 11.3. The minimum atomic E-state index is -3.88. The molecule has 134 valence electrons. The van der Waals surface area contributed by atoms with Gasteiger partial charge in [0.05, 0.1) is 11.4 Å². The fourth-order valence-electron chi connectivity index (χ4n) is 2.08. The Morgan fingerprint density at radius 1 is 1.17 bits per heavy atom. The van der Waals surface area contributed by atoms with E-state index in [-0.39, 0.29) is 17.3 Å². The summed E-state index contributed by atoms with van der Waals surface area (Å²) in [5.74, 6) is -1.06. The number of hydroxylamine groups is 1. The molecule has 0 aliphatic rings. The Kier molecular flexibility index (Phi) is 7.83. The van der Waals surface area contributed by atoms with Gasteiger partial charge in [-0.05, 0) is 30.7 Å². The third-order valence-corrected chi connectivity index (χ3v) is 5.13. The summed E-state index contributed by atoms with van der Waals surface area (Å²) in [6.07, 6.45) is 2.35. The number of hydrogen-bond acceptors (Lipinski definition) is 5. The molecule has 3 N–H and O–H groups in total. The Bertz CT molecular complexity index is 658. The highest BCUT2D eigenvalue weighted by Crippen LogP contribution is 2.19. The largest absolute Gasteiger partial charge is 0.326 e. The number of amides is 2. The van der Waals surface area contributed by atoms with Crippen LogP contribution in [0.15, 0.2) is 29.2 Å². The Morgan fingerprint density at radius 3 is 2.29 bits per heavy atom. The van der Waals surface area contributed by atoms with Gasteiger partial charge in [-0.1, -0.05) is 19.8 Å². The van der Waals surface area contributed by atoms with Crippen molar-refractivity contribution < 1.29 is 23.2 Å². The smallest absolute Gasteiger partial charge is 0.258 e. The zero-order valence-electron chi connectivity index (χ0n) is 13.8. The first-order valence-electron chi connectivity index (χ1n) is 7.62. The van der Waals surface area contributed by atoms with Gasteiger partial charge in [0.2, 0.25) is 15.9 Å². The summed E-state index contributed by atoms with van der Waals surface area (Å²) in [5, 5.41) is 11.2. The van der Waals surface area contributed by atoms with Gasteiger partial charge in [-0.25, -0.2) is 13.9 Å². The molecule has 1 aromatic rings. The van der Waals surface area contributed by atoms with Gasteiger partial charge < -0.3 is 5.32 Å². The van der Waals surface area contributed by atoms with E-state index in [1.165, 1.54) is 36.7 Å². The van der Waals surface area contributed by atoms with E-state index in [0.29, 0.717) is 12.1 Å². The molecule has 2 amide bonds. The van der Waals surface area contributed by atoms with Crippen LogP contribution in [-0.4, -0.2) is 42.8 Å². The van der Waals surface area contributed by atoms with Crippen LogP contribution in [0.2, 0.25) is 0 Å². The molecule has 0 fully saturated rings. The molecule has 0 saturated heterocycles. The highest BCUT2D eigenvalue weighted by Gasteiger charge is 2.26. The highest BCUT2D eigenvalue weighted by molar-refractivity contribution is 7.89. The number of rotatable bonds is 9. The van der Waals surface area contributed by atoms with Crippen LogP contribution in [0.4, 0.5) is 5.69 Å². The van der Waals surface area contributed by atoms with Gasteiger partial charge in [0.1, 0.15) is 0 Å². The molecule has 0 aliphatic carbocycles. The molecule has 0 atom stereocenters. The van der Waals surface area contributed by atoms with Gasteiger partial charge in [-0.2, -0.15) is 4.31 Å². The predicted octanol–water partition coefficient (Wildman–Crippen LogP) is 1.33. The molecule has 0 heterocycles. The van der Waals surface area contributed by atoms with E-state index in [9.17, 15) is 18.0 Å². The van der Waals surface area contributed by atoms with Gasteiger partial charge in [-0.3, -0.25) is 14.8 Å². The molecule has 0 radical (unpaired) electrons. The third kappa shape index (κ3) is 5.91. The van der Waals surface area contributed by atoms with Crippen molar-refractivity contribution in [2.45, 2.75) is 38.0 Å². The molecule has 9 heteroatoms. The van der Waals surface area contributed by atoms with E-state index in [1.54, 1.807) is 0 Å². The minimum absolute atomic E-state index is 0.0128. The summed E-state index contributed by atoms with van der Waals surface area (Å²) >= 11 is 0. The Labute approximate surface area is 141 Å². The van der Waals surface area contributed by atoms with Gasteiger partial charge in [-0.15, -0.1) is 0 Å². The SMILES string of the molecule is CCCCCN(CC(=O)NO)S(=O)(=O)c1ccc(NC(C)=O)cc1. The van der Waals surface area contributed by atoms with Gasteiger partial charge in [0.25, 0.3) is 5.91 Å². The molecule has 0 spiro atoms. The van der Waals surface area contributed by atoms with Crippen molar-refractivity contribution >= 4 is 27.5 Å². The van der Waals surface area contributed by atoms with Crippen LogP contribution in [0.1, 0.15) is 33.1 Å². The van der Waals surface area contributed by atoms with E-state index in [1.807, 2.05) is 6.92 Å². The number of nitrogens with zero attached hydrogens (tertiary/aromatic N) is 1. The van der Waals surface area contributed by atoms with Crippen molar-refractivity contribution in [3.05, 3.63) is 24.3 Å². The van der Waals surface area contributed by atoms with Crippen molar-refractivity contribution in [3.8, 4) is 0 Å². The van der Waals surface area contributed by atoms with E-state index in [4.69, 9.17) is 5.21 Å². The summed E-state index contributed by atoms with van der Waals surface area (Å²) in [4.78, 5) is 22.4. The molecule has 0 aliphatic heterocycles. The second-order valence-corrected chi connectivity index (χ2v) is 7.22. The molecular formula is C15H23N3O5S. The van der Waals surface area contributed by atoms with Crippen molar-refractivity contribution in [1.29, 1.82) is 0 Å². The average Bonchev–Trinajstić information content (AvgIpc) is 2.53. The van der Waals surface area contributed by atoms with Gasteiger partial charge in [0.15, 0.2) is 0 Å². The molecule has 8 nitrogen and oxygen atoms in total. The van der Waals surface area contributed by atoms with E-state index < -0.39 is 22.5 Å². The maximum Gasteiger partial charge on any atom is 0.258 e. The number of carbonyl (C=O) groups excluding carboxylic acids is 2. The summed E-state index contributed by atoms with van der Waals surface area (Å²) < 4.78 is 26.4. The Balaban J connectivity index is 3.00. The van der Waals surface area contributed by atoms with Crippen molar-refractivity contribution in [3.63, 3.8) is 0 Å². The van der Waals surface area contributed by atoms with Crippen LogP contribution in [0.3, 0.4) is 0 Å². The van der Waals surface area contributed by atoms with Crippen molar-refractivity contribution in [1.82, 2.24) is 9.79 Å². The van der Waals surface area contributed by atoms with E-state index >= 15 is 0 Å². The fourth-order valence-corrected chi connectivity index (χ4v) is 3.52. The minimum Gasteiger partial charge on any atom is -0.326 e. The number of nitrogens with one attached hydrogen (secondary N) is 2. The molecule has 0 aromatic heterocycles. The lowest BCUT2D eigenvalue weighted by Gasteiger charge is -2.21. The second-order valence-electron chi connectivity index (χ2n) is 5.29. The quantitative estimate of drug-likeness (QED) is 0.350. The monoisotopic (exact) mass is 357 g/mol. The first-order valence-corrected chi connectivity index (χ1v) is 9.06. The Hall–Kier alpha value is -1.97. The number of unbranched alkanes of at least 4 members (excludes halogenated alkanes) is 2. The van der Waals surface area contributed by atoms with Crippen LogP contribution in [-0.2, 0) is 19.6 Å². The number of anilines is 1. The summed E-state index contributed by atoms with van der Waals surface area (Å²) in [6.45, 7) is 3.06. The summed E-state index contributed by atoms with van der Waals surface area (Å²) in [7, 11) is -3.88. The zero-order valence-corrected chi connectivity index (χ0v) is 14.6. The van der Waals surface area contributed by atoms with Crippen LogP contribution in [0.25, 0.3) is 0 Å². The summed E-state index contributed by atoms with van der Waals surface area (Å²) in [5.41, 5.74) is 1.93. The number of hydrogen-bond donors (Lipinski definition) is 3. The van der Waals surface area contributed by atoms with Crippen LogP contribution in [0, 0.1) is 0 Å². The number of sulfonamides is 1. The maximum atomic E-state index is 12.7. The molecule has 1 rings (SSSR count). The first-order chi connectivity index (χ1) is 11.3. The standard InChI is InChI=1S/C15H23N3O5S/c1-3-4-5-10-18(11-15(20)17-21)24(22,23)14-8-6-13(7-9-14)16-12(2)19/h6-9,21H,3-5,10-11H2,1-2H3,(H,16,19)(H,17,20). The van der Waals surface area contributed by atoms with Crippen molar-refractivity contribution in [2.24, 2.45) is 0 Å². The predicted molar refractivity (Wildman–Crippen MR) is 89.0 cm³/mol. The zero-order chi connectivity index (χ0) is 18.2. The first kappa shape index (κ1) is 20.1. The molecule has 24 heavy (non-hydrogen) atoms. The Morgan fingerprint density at radius 2 is 1.79 bits per heavy atom. The molecule has 0 bridgehead atoms. The van der Waals surface area contributed by atoms with E-state index in [0.717, 1.165) is 17.1 Å². The number of carbonyl (C=O) groups is 2. The van der Waals surface area contributed by atoms with Gasteiger partial charge >= 0.3 is 0 Å². The van der Waals surface area contributed by atoms with Crippen LogP contribution in [0.5, 0.6) is 0 Å². The van der Waals surface area contributed by atoms with Crippen LogP contribution >= 0.6 is 0 Å². The molecule has 1 aromatic carbocycles. The van der Waals surface area contributed by atoms with Crippen molar-refractivity contribution in [2.75, 3.05) is 18.4 Å². The van der Waals surface area contributed by atoms with E-state index in [2.05, 4.69) is 5.32 Å². The molecular weight excluding hydrogens is 334 g/mol. The lowest BCUT2D eigenvalue weighted by molar-refractivity contribution is -0.129. The third-order valence-electron chi connectivity index (χ3n) is 3.27. The molecule has 0 saturated carbocycles. The van der Waals surface area contributed by atoms with Gasteiger partial charge in [0, 0.05) is 19.2 Å². The lowest BCUT2D eigenvalue weighted by atomic mass is 10.2. The lowest BCUT2D eigenvalue weighted by Crippen LogP contribution is -2.40. The molecule has 0 unspecified atom stereocenters. The van der Waals surface area contributed by atoms with Crippen LogP contribution < -0.4 is 10.8 Å². The maximum absolute atomic E-state index is 12.7. The second kappa shape index (κ2) is 9.36. The highest BCUT2D eigenvalue weighted by atomic mass is 32.2. The average molecular weight is 357 g/mol. The number of benzene rings is 1. The fraction of sp³-hybridized carbons (Fsp3) is 0.467. The topological polar surface area (TPSA) is 116 Å².